The van der Waals surface area contributed by atoms with Crippen LogP contribution in [0.15, 0.2) is 71.6 Å². The second-order valence-electron chi connectivity index (χ2n) is 8.98. The van der Waals surface area contributed by atoms with Gasteiger partial charge in [-0.1, -0.05) is 66.0 Å². The molecule has 0 aliphatic heterocycles. The topological polar surface area (TPSA) is 86.8 Å². The number of nitrogens with one attached hydrogen (secondary N) is 1. The Balaban J connectivity index is 2.05. The Morgan fingerprint density at radius 1 is 0.949 bits per heavy atom. The lowest BCUT2D eigenvalue weighted by atomic mass is 10.1. The third kappa shape index (κ3) is 7.66. The van der Waals surface area contributed by atoms with Gasteiger partial charge < -0.3 is 10.2 Å². The second-order valence-corrected chi connectivity index (χ2v) is 12.1. The van der Waals surface area contributed by atoms with E-state index in [1.165, 1.54) is 29.2 Å². The first-order valence-electron chi connectivity index (χ1n) is 12.3. The SMILES string of the molecule is CCCNC(=O)[C@H](C)N(Cc1ccc(Cl)cc1Cl)C(=O)CN(c1ccccc1C)S(=O)(=O)c1ccc(Cl)cc1. The first-order chi connectivity index (χ1) is 18.4. The van der Waals surface area contributed by atoms with E-state index in [9.17, 15) is 18.0 Å². The third-order valence-corrected chi connectivity index (χ3v) is 8.75. The van der Waals surface area contributed by atoms with Crippen LogP contribution in [0.25, 0.3) is 0 Å². The predicted octanol–water partition coefficient (Wildman–Crippen LogP) is 6.09. The molecule has 0 saturated carbocycles. The molecule has 0 spiro atoms. The van der Waals surface area contributed by atoms with Gasteiger partial charge in [0.15, 0.2) is 0 Å². The van der Waals surface area contributed by atoms with Gasteiger partial charge in [0.25, 0.3) is 10.0 Å². The van der Waals surface area contributed by atoms with E-state index in [-0.39, 0.29) is 17.3 Å². The highest BCUT2D eigenvalue weighted by Crippen LogP contribution is 2.29. The number of para-hydroxylation sites is 1. The van der Waals surface area contributed by atoms with E-state index in [0.717, 1.165) is 10.7 Å². The van der Waals surface area contributed by atoms with Gasteiger partial charge in [0, 0.05) is 28.2 Å². The van der Waals surface area contributed by atoms with Crippen LogP contribution in [0.2, 0.25) is 15.1 Å². The molecule has 3 aromatic rings. The number of rotatable bonds is 11. The Labute approximate surface area is 244 Å². The van der Waals surface area contributed by atoms with Crippen molar-refractivity contribution in [2.45, 2.75) is 44.7 Å². The zero-order valence-electron chi connectivity index (χ0n) is 21.8. The van der Waals surface area contributed by atoms with E-state index in [0.29, 0.717) is 38.4 Å². The minimum absolute atomic E-state index is 0.0241. The number of amides is 2. The summed E-state index contributed by atoms with van der Waals surface area (Å²) in [5.74, 6) is -0.945. The van der Waals surface area contributed by atoms with Crippen LogP contribution in [0.1, 0.15) is 31.4 Å². The van der Waals surface area contributed by atoms with Gasteiger partial charge in [-0.25, -0.2) is 8.42 Å². The lowest BCUT2D eigenvalue weighted by Crippen LogP contribution is -2.51. The van der Waals surface area contributed by atoms with E-state index < -0.39 is 28.5 Å². The average Bonchev–Trinajstić information content (AvgIpc) is 2.90. The summed E-state index contributed by atoms with van der Waals surface area (Å²) in [6, 6.07) is 16.5. The fraction of sp³-hybridized carbons (Fsp3) is 0.286. The number of anilines is 1. The summed E-state index contributed by atoms with van der Waals surface area (Å²) < 4.78 is 28.7. The monoisotopic (exact) mass is 609 g/mol. The smallest absolute Gasteiger partial charge is 0.264 e. The number of halogens is 3. The molecule has 0 aliphatic rings. The molecule has 0 bridgehead atoms. The molecule has 1 atom stereocenters. The molecular weight excluding hydrogens is 581 g/mol. The van der Waals surface area contributed by atoms with Crippen LogP contribution in [0, 0.1) is 6.92 Å². The average molecular weight is 611 g/mol. The van der Waals surface area contributed by atoms with Crippen molar-refractivity contribution in [2.75, 3.05) is 17.4 Å². The molecule has 0 saturated heterocycles. The molecule has 1 N–H and O–H groups in total. The fourth-order valence-electron chi connectivity index (χ4n) is 3.90. The third-order valence-electron chi connectivity index (χ3n) is 6.14. The van der Waals surface area contributed by atoms with Crippen molar-refractivity contribution in [1.82, 2.24) is 10.2 Å². The van der Waals surface area contributed by atoms with E-state index in [4.69, 9.17) is 34.8 Å². The molecule has 0 radical (unpaired) electrons. The highest BCUT2D eigenvalue weighted by Gasteiger charge is 2.33. The summed E-state index contributed by atoms with van der Waals surface area (Å²) >= 11 is 18.4. The van der Waals surface area contributed by atoms with Crippen molar-refractivity contribution < 1.29 is 18.0 Å². The van der Waals surface area contributed by atoms with Crippen LogP contribution in [0.5, 0.6) is 0 Å². The number of benzene rings is 3. The normalized spacial score (nSPS) is 12.1. The molecule has 3 rings (SSSR count). The molecule has 0 unspecified atom stereocenters. The van der Waals surface area contributed by atoms with Crippen LogP contribution in [0.3, 0.4) is 0 Å². The molecule has 0 fully saturated rings. The second kappa shape index (κ2) is 13.5. The Morgan fingerprint density at radius 3 is 2.21 bits per heavy atom. The van der Waals surface area contributed by atoms with Gasteiger partial charge >= 0.3 is 0 Å². The molecule has 0 aromatic heterocycles. The minimum atomic E-state index is -4.19. The van der Waals surface area contributed by atoms with Gasteiger partial charge in [-0.3, -0.25) is 13.9 Å². The number of hydrogen-bond donors (Lipinski definition) is 1. The number of carbonyl (C=O) groups excluding carboxylic acids is 2. The van der Waals surface area contributed by atoms with Gasteiger partial charge in [-0.2, -0.15) is 0 Å². The van der Waals surface area contributed by atoms with Crippen molar-refractivity contribution in [3.8, 4) is 0 Å². The van der Waals surface area contributed by atoms with Crippen molar-refractivity contribution in [1.29, 1.82) is 0 Å². The lowest BCUT2D eigenvalue weighted by molar-refractivity contribution is -0.139. The van der Waals surface area contributed by atoms with Crippen molar-refractivity contribution in [3.63, 3.8) is 0 Å². The first-order valence-corrected chi connectivity index (χ1v) is 14.9. The minimum Gasteiger partial charge on any atom is -0.354 e. The highest BCUT2D eigenvalue weighted by molar-refractivity contribution is 7.92. The van der Waals surface area contributed by atoms with E-state index in [1.807, 2.05) is 6.92 Å². The largest absolute Gasteiger partial charge is 0.354 e. The van der Waals surface area contributed by atoms with Crippen LogP contribution in [0.4, 0.5) is 5.69 Å². The summed E-state index contributed by atoms with van der Waals surface area (Å²) in [6.07, 6.45) is 0.718. The van der Waals surface area contributed by atoms with Crippen molar-refractivity contribution in [3.05, 3.63) is 92.9 Å². The fourth-order valence-corrected chi connectivity index (χ4v) is 5.98. The maximum absolute atomic E-state index is 13.9. The predicted molar refractivity (Wildman–Crippen MR) is 157 cm³/mol. The molecule has 208 valence electrons. The number of nitrogens with zero attached hydrogens (tertiary/aromatic N) is 2. The molecule has 0 aliphatic carbocycles. The summed E-state index contributed by atoms with van der Waals surface area (Å²) in [6.45, 7) is 5.13. The van der Waals surface area contributed by atoms with E-state index in [1.54, 1.807) is 56.3 Å². The number of sulfonamides is 1. The zero-order valence-corrected chi connectivity index (χ0v) is 24.9. The van der Waals surface area contributed by atoms with Gasteiger partial charge in [0.2, 0.25) is 11.8 Å². The molecular formula is C28H30Cl3N3O4S. The van der Waals surface area contributed by atoms with Crippen molar-refractivity contribution >= 4 is 62.3 Å². The summed E-state index contributed by atoms with van der Waals surface area (Å²) in [5, 5.41) is 3.93. The molecule has 39 heavy (non-hydrogen) atoms. The first kappa shape index (κ1) is 30.8. The van der Waals surface area contributed by atoms with Crippen LogP contribution in [-0.2, 0) is 26.2 Å². The van der Waals surface area contributed by atoms with Gasteiger partial charge in [-0.15, -0.1) is 0 Å². The summed E-state index contributed by atoms with van der Waals surface area (Å²) in [5.41, 5.74) is 1.56. The molecule has 11 heteroatoms. The lowest BCUT2D eigenvalue weighted by Gasteiger charge is -2.32. The zero-order chi connectivity index (χ0) is 28.7. The van der Waals surface area contributed by atoms with Gasteiger partial charge in [0.1, 0.15) is 12.6 Å². The van der Waals surface area contributed by atoms with Crippen LogP contribution in [-0.4, -0.2) is 44.3 Å². The maximum atomic E-state index is 13.9. The number of aryl methyl sites for hydroxylation is 1. The standard InChI is InChI=1S/C28H30Cl3N3O4S/c1-4-15-32-28(36)20(3)33(17-21-9-10-23(30)16-25(21)31)27(35)18-34(26-8-6-5-7-19(26)2)39(37,38)24-13-11-22(29)12-14-24/h5-14,16,20H,4,15,17-18H2,1-3H3,(H,32,36)/t20-/m0/s1. The maximum Gasteiger partial charge on any atom is 0.264 e. The Kier molecular flexibility index (Phi) is 10.7. The molecule has 0 heterocycles. The Morgan fingerprint density at radius 2 is 1.59 bits per heavy atom. The molecule has 3 aromatic carbocycles. The van der Waals surface area contributed by atoms with Gasteiger partial charge in [-0.05, 0) is 73.9 Å². The van der Waals surface area contributed by atoms with E-state index >= 15 is 0 Å². The van der Waals surface area contributed by atoms with Crippen LogP contribution < -0.4 is 9.62 Å². The summed E-state index contributed by atoms with van der Waals surface area (Å²) in [4.78, 5) is 28.2. The molecule has 7 nitrogen and oxygen atoms in total. The van der Waals surface area contributed by atoms with E-state index in [2.05, 4.69) is 5.32 Å². The van der Waals surface area contributed by atoms with Crippen molar-refractivity contribution in [2.24, 2.45) is 0 Å². The Bertz CT molecular complexity index is 1430. The van der Waals surface area contributed by atoms with Gasteiger partial charge in [0.05, 0.1) is 10.6 Å². The number of hydrogen-bond acceptors (Lipinski definition) is 4. The Hall–Kier alpha value is -2.78. The quantitative estimate of drug-likeness (QED) is 0.285. The van der Waals surface area contributed by atoms with Crippen LogP contribution >= 0.6 is 34.8 Å². The highest BCUT2D eigenvalue weighted by atomic mass is 35.5. The molecule has 2 amide bonds. The summed E-state index contributed by atoms with van der Waals surface area (Å²) in [7, 11) is -4.19. The number of carbonyl (C=O) groups is 2.